The number of ether oxygens (including phenoxy) is 2. The SMILES string of the molecule is CC1(C)C(NCc2ccncc2OCC2CCOC2)[C@@H]2CCC[C@@H]21. The Hall–Kier alpha value is -1.13. The predicted molar refractivity (Wildman–Crippen MR) is 93.9 cm³/mol. The Labute approximate surface area is 145 Å². The second kappa shape index (κ2) is 6.64. The number of hydrogen-bond acceptors (Lipinski definition) is 4. The van der Waals surface area contributed by atoms with Crippen LogP contribution in [0.25, 0.3) is 0 Å². The quantitative estimate of drug-likeness (QED) is 0.868. The van der Waals surface area contributed by atoms with Crippen LogP contribution in [0.3, 0.4) is 0 Å². The number of aromatic nitrogens is 1. The van der Waals surface area contributed by atoms with Gasteiger partial charge in [0.1, 0.15) is 5.75 Å². The van der Waals surface area contributed by atoms with Crippen molar-refractivity contribution >= 4 is 0 Å². The van der Waals surface area contributed by atoms with Crippen LogP contribution in [0.5, 0.6) is 5.75 Å². The van der Waals surface area contributed by atoms with Crippen LogP contribution in [0.15, 0.2) is 18.5 Å². The molecule has 2 saturated carbocycles. The first kappa shape index (κ1) is 16.3. The van der Waals surface area contributed by atoms with Gasteiger partial charge in [0.15, 0.2) is 0 Å². The summed E-state index contributed by atoms with van der Waals surface area (Å²) in [6.07, 6.45) is 9.05. The summed E-state index contributed by atoms with van der Waals surface area (Å²) in [5, 5.41) is 3.83. The summed E-state index contributed by atoms with van der Waals surface area (Å²) in [5.74, 6) is 3.25. The van der Waals surface area contributed by atoms with Crippen molar-refractivity contribution in [1.82, 2.24) is 10.3 Å². The van der Waals surface area contributed by atoms with Gasteiger partial charge in [0, 0.05) is 36.9 Å². The molecule has 2 unspecified atom stereocenters. The second-order valence-corrected chi connectivity index (χ2v) is 8.41. The van der Waals surface area contributed by atoms with Crippen LogP contribution in [-0.2, 0) is 11.3 Å². The molecule has 3 aliphatic rings. The lowest BCUT2D eigenvalue weighted by molar-refractivity contribution is -0.0415. The van der Waals surface area contributed by atoms with Crippen molar-refractivity contribution in [3.8, 4) is 5.75 Å². The molecule has 2 heterocycles. The molecule has 0 spiro atoms. The molecule has 1 N–H and O–H groups in total. The fourth-order valence-electron chi connectivity index (χ4n) is 5.22. The highest BCUT2D eigenvalue weighted by atomic mass is 16.5. The molecular weight excluding hydrogens is 300 g/mol. The molecule has 4 nitrogen and oxygen atoms in total. The van der Waals surface area contributed by atoms with Gasteiger partial charge >= 0.3 is 0 Å². The van der Waals surface area contributed by atoms with E-state index in [1.807, 2.05) is 12.4 Å². The minimum absolute atomic E-state index is 0.427. The molecule has 4 rings (SSSR count). The smallest absolute Gasteiger partial charge is 0.142 e. The van der Waals surface area contributed by atoms with Gasteiger partial charge in [-0.15, -0.1) is 0 Å². The molecule has 1 aliphatic heterocycles. The van der Waals surface area contributed by atoms with Crippen molar-refractivity contribution in [3.63, 3.8) is 0 Å². The molecule has 1 aromatic rings. The summed E-state index contributed by atoms with van der Waals surface area (Å²) in [7, 11) is 0. The van der Waals surface area contributed by atoms with Gasteiger partial charge in [-0.2, -0.15) is 0 Å². The number of rotatable bonds is 6. The van der Waals surface area contributed by atoms with Crippen LogP contribution >= 0.6 is 0 Å². The third-order valence-corrected chi connectivity index (χ3v) is 6.64. The first-order valence-electron chi connectivity index (χ1n) is 9.53. The zero-order valence-electron chi connectivity index (χ0n) is 15.0. The van der Waals surface area contributed by atoms with Crippen molar-refractivity contribution in [3.05, 3.63) is 24.0 Å². The van der Waals surface area contributed by atoms with Crippen molar-refractivity contribution in [2.24, 2.45) is 23.2 Å². The molecule has 2 aliphatic carbocycles. The molecule has 0 bridgehead atoms. The average Bonchev–Trinajstić information content (AvgIpc) is 3.24. The normalized spacial score (nSPS) is 33.9. The van der Waals surface area contributed by atoms with E-state index in [4.69, 9.17) is 9.47 Å². The lowest BCUT2D eigenvalue weighted by Gasteiger charge is -2.56. The Balaban J connectivity index is 1.36. The summed E-state index contributed by atoms with van der Waals surface area (Å²) in [6, 6.07) is 2.72. The van der Waals surface area contributed by atoms with Crippen LogP contribution in [0.2, 0.25) is 0 Å². The molecule has 0 aromatic carbocycles. The van der Waals surface area contributed by atoms with Crippen LogP contribution in [0.4, 0.5) is 0 Å². The number of pyridine rings is 1. The average molecular weight is 330 g/mol. The minimum atomic E-state index is 0.427. The number of hydrogen-bond donors (Lipinski definition) is 1. The molecule has 4 atom stereocenters. The van der Waals surface area contributed by atoms with E-state index in [0.717, 1.165) is 50.4 Å². The highest BCUT2D eigenvalue weighted by Gasteiger charge is 2.57. The third-order valence-electron chi connectivity index (χ3n) is 6.64. The molecule has 1 saturated heterocycles. The Kier molecular flexibility index (Phi) is 4.52. The zero-order valence-corrected chi connectivity index (χ0v) is 15.0. The van der Waals surface area contributed by atoms with E-state index < -0.39 is 0 Å². The van der Waals surface area contributed by atoms with E-state index in [1.165, 1.54) is 24.8 Å². The maximum atomic E-state index is 6.06. The Morgan fingerprint density at radius 1 is 1.33 bits per heavy atom. The first-order valence-corrected chi connectivity index (χ1v) is 9.53. The predicted octanol–water partition coefficient (Wildman–Crippen LogP) is 3.41. The highest BCUT2D eigenvalue weighted by molar-refractivity contribution is 5.30. The fraction of sp³-hybridized carbons (Fsp3) is 0.750. The molecule has 132 valence electrons. The van der Waals surface area contributed by atoms with Gasteiger partial charge in [0.05, 0.1) is 19.4 Å². The summed E-state index contributed by atoms with van der Waals surface area (Å²) in [4.78, 5) is 4.25. The van der Waals surface area contributed by atoms with Crippen LogP contribution in [0, 0.1) is 23.2 Å². The molecule has 0 radical (unpaired) electrons. The topological polar surface area (TPSA) is 43.4 Å². The van der Waals surface area contributed by atoms with Gasteiger partial charge in [-0.3, -0.25) is 4.98 Å². The van der Waals surface area contributed by atoms with Gasteiger partial charge < -0.3 is 14.8 Å². The lowest BCUT2D eigenvalue weighted by atomic mass is 9.53. The maximum absolute atomic E-state index is 6.06. The van der Waals surface area contributed by atoms with E-state index >= 15 is 0 Å². The van der Waals surface area contributed by atoms with Gasteiger partial charge in [0.2, 0.25) is 0 Å². The van der Waals surface area contributed by atoms with E-state index in [-0.39, 0.29) is 0 Å². The molecule has 1 aromatic heterocycles. The van der Waals surface area contributed by atoms with E-state index in [9.17, 15) is 0 Å². The Morgan fingerprint density at radius 2 is 2.25 bits per heavy atom. The molecule has 3 fully saturated rings. The van der Waals surface area contributed by atoms with E-state index in [0.29, 0.717) is 17.4 Å². The molecule has 0 amide bonds. The molecule has 24 heavy (non-hydrogen) atoms. The largest absolute Gasteiger partial charge is 0.491 e. The Bertz CT molecular complexity index is 569. The van der Waals surface area contributed by atoms with E-state index in [1.54, 1.807) is 0 Å². The summed E-state index contributed by atoms with van der Waals surface area (Å²) >= 11 is 0. The van der Waals surface area contributed by atoms with Gasteiger partial charge in [-0.25, -0.2) is 0 Å². The zero-order chi connectivity index (χ0) is 16.6. The first-order chi connectivity index (χ1) is 11.7. The van der Waals surface area contributed by atoms with Crippen molar-refractivity contribution in [1.29, 1.82) is 0 Å². The Morgan fingerprint density at radius 3 is 3.08 bits per heavy atom. The summed E-state index contributed by atoms with van der Waals surface area (Å²) < 4.78 is 11.5. The number of nitrogens with zero attached hydrogens (tertiary/aromatic N) is 1. The highest BCUT2D eigenvalue weighted by Crippen LogP contribution is 2.58. The van der Waals surface area contributed by atoms with Gasteiger partial charge in [0.25, 0.3) is 0 Å². The van der Waals surface area contributed by atoms with Crippen molar-refractivity contribution in [2.75, 3.05) is 19.8 Å². The van der Waals surface area contributed by atoms with Gasteiger partial charge in [-0.05, 0) is 42.6 Å². The number of nitrogens with one attached hydrogen (secondary N) is 1. The maximum Gasteiger partial charge on any atom is 0.142 e. The summed E-state index contributed by atoms with van der Waals surface area (Å²) in [5.41, 5.74) is 1.65. The molecular formula is C20H30N2O2. The van der Waals surface area contributed by atoms with Crippen molar-refractivity contribution < 1.29 is 9.47 Å². The van der Waals surface area contributed by atoms with Crippen LogP contribution in [0.1, 0.15) is 45.1 Å². The van der Waals surface area contributed by atoms with Crippen LogP contribution < -0.4 is 10.1 Å². The third kappa shape index (κ3) is 2.95. The van der Waals surface area contributed by atoms with Crippen molar-refractivity contribution in [2.45, 2.75) is 52.1 Å². The standard InChI is InChI=1S/C20H30N2O2/c1-20(2)17-5-3-4-16(17)19(20)22-10-15-6-8-21-11-18(15)24-13-14-7-9-23-12-14/h6,8,11,14,16-17,19,22H,3-5,7,9-10,12-13H2,1-2H3/t14?,16-,17+,19?/m1/s1. The van der Waals surface area contributed by atoms with E-state index in [2.05, 4.69) is 30.2 Å². The monoisotopic (exact) mass is 330 g/mol. The minimum Gasteiger partial charge on any atom is -0.491 e. The second-order valence-electron chi connectivity index (χ2n) is 8.41. The number of fused-ring (bicyclic) bond motifs is 1. The fourth-order valence-corrected chi connectivity index (χ4v) is 5.22. The molecule has 4 heteroatoms. The summed E-state index contributed by atoms with van der Waals surface area (Å²) in [6.45, 7) is 8.17. The van der Waals surface area contributed by atoms with Crippen LogP contribution in [-0.4, -0.2) is 30.8 Å². The lowest BCUT2D eigenvalue weighted by Crippen LogP contribution is -2.61. The van der Waals surface area contributed by atoms with Gasteiger partial charge in [-0.1, -0.05) is 20.3 Å².